The molecule has 0 aliphatic heterocycles. The first-order chi connectivity index (χ1) is 13.7. The maximum atomic E-state index is 12.8. The van der Waals surface area contributed by atoms with Gasteiger partial charge in [0.1, 0.15) is 5.82 Å². The second-order valence-electron chi connectivity index (χ2n) is 7.05. The topological polar surface area (TPSA) is 57.8 Å². The van der Waals surface area contributed by atoms with Gasteiger partial charge in [-0.3, -0.25) is 4.79 Å². The molecule has 0 saturated carbocycles. The van der Waals surface area contributed by atoms with Gasteiger partial charge in [0.2, 0.25) is 5.91 Å². The third-order valence-corrected chi connectivity index (χ3v) is 4.97. The van der Waals surface area contributed by atoms with Crippen molar-refractivity contribution in [1.29, 1.82) is 0 Å². The van der Waals surface area contributed by atoms with Crippen molar-refractivity contribution < 1.29 is 4.79 Å². The minimum Gasteiger partial charge on any atom is -0.346 e. The van der Waals surface area contributed by atoms with Gasteiger partial charge in [-0.25, -0.2) is 4.98 Å². The first-order valence-corrected chi connectivity index (χ1v) is 9.51. The van der Waals surface area contributed by atoms with Crippen molar-refractivity contribution in [2.45, 2.75) is 25.8 Å². The van der Waals surface area contributed by atoms with Crippen molar-refractivity contribution in [3.63, 3.8) is 0 Å². The number of carbonyl (C=O) groups excluding carboxylic acids is 1. The van der Waals surface area contributed by atoms with Gasteiger partial charge in [-0.2, -0.15) is 0 Å². The minimum absolute atomic E-state index is 0.00399. The molecule has 140 valence electrons. The zero-order valence-electron chi connectivity index (χ0n) is 15.9. The molecule has 0 aliphatic carbocycles. The first kappa shape index (κ1) is 18.0. The quantitative estimate of drug-likeness (QED) is 0.525. The summed E-state index contributed by atoms with van der Waals surface area (Å²) in [5.74, 6) is 0.777. The van der Waals surface area contributed by atoms with Gasteiger partial charge in [-0.05, 0) is 42.2 Å². The molecule has 0 aliphatic rings. The van der Waals surface area contributed by atoms with Gasteiger partial charge in [0.05, 0.1) is 23.5 Å². The summed E-state index contributed by atoms with van der Waals surface area (Å²) in [6.07, 6.45) is 1.04. The molecule has 28 heavy (non-hydrogen) atoms. The Morgan fingerprint density at radius 3 is 2.46 bits per heavy atom. The zero-order chi connectivity index (χ0) is 19.3. The molecule has 0 unspecified atom stereocenters. The van der Waals surface area contributed by atoms with Crippen molar-refractivity contribution in [3.05, 3.63) is 101 Å². The highest BCUT2D eigenvalue weighted by molar-refractivity contribution is 5.80. The lowest BCUT2D eigenvalue weighted by Crippen LogP contribution is -2.32. The van der Waals surface area contributed by atoms with Crippen LogP contribution in [0.15, 0.2) is 78.9 Å². The van der Waals surface area contributed by atoms with E-state index in [4.69, 9.17) is 4.98 Å². The van der Waals surface area contributed by atoms with Gasteiger partial charge >= 0.3 is 0 Å². The number of amides is 1. The summed E-state index contributed by atoms with van der Waals surface area (Å²) in [6.45, 7) is 2.03. The lowest BCUT2D eigenvalue weighted by Gasteiger charge is -2.17. The van der Waals surface area contributed by atoms with Crippen LogP contribution in [0.4, 0.5) is 0 Å². The van der Waals surface area contributed by atoms with Crippen molar-refractivity contribution >= 4 is 16.9 Å². The largest absolute Gasteiger partial charge is 0.346 e. The Hall–Kier alpha value is -3.40. The highest BCUT2D eigenvalue weighted by Crippen LogP contribution is 2.20. The number of aromatic amines is 1. The van der Waals surface area contributed by atoms with Gasteiger partial charge < -0.3 is 10.3 Å². The fourth-order valence-corrected chi connectivity index (χ4v) is 3.43. The third-order valence-electron chi connectivity index (χ3n) is 4.97. The molecule has 1 amide bonds. The molecule has 0 spiro atoms. The monoisotopic (exact) mass is 369 g/mol. The maximum absolute atomic E-state index is 12.8. The molecule has 3 aromatic carbocycles. The third kappa shape index (κ3) is 4.12. The van der Waals surface area contributed by atoms with Crippen molar-refractivity contribution in [2.75, 3.05) is 0 Å². The Morgan fingerprint density at radius 2 is 1.68 bits per heavy atom. The molecule has 4 heteroatoms. The molecule has 0 radical (unpaired) electrons. The van der Waals surface area contributed by atoms with Crippen LogP contribution in [0.3, 0.4) is 0 Å². The molecule has 1 heterocycles. The Balaban J connectivity index is 1.59. The lowest BCUT2D eigenvalue weighted by molar-refractivity contribution is -0.121. The summed E-state index contributed by atoms with van der Waals surface area (Å²) < 4.78 is 0. The number of fused-ring (bicyclic) bond motifs is 1. The molecule has 0 bridgehead atoms. The molecule has 1 aromatic heterocycles. The zero-order valence-corrected chi connectivity index (χ0v) is 15.9. The van der Waals surface area contributed by atoms with E-state index in [-0.39, 0.29) is 11.9 Å². The maximum Gasteiger partial charge on any atom is 0.225 e. The molecule has 4 nitrogen and oxygen atoms in total. The summed E-state index contributed by atoms with van der Waals surface area (Å²) in [4.78, 5) is 20.9. The van der Waals surface area contributed by atoms with Crippen LogP contribution >= 0.6 is 0 Å². The Labute approximate surface area is 164 Å². The van der Waals surface area contributed by atoms with E-state index in [0.717, 1.165) is 33.5 Å². The Kier molecular flexibility index (Phi) is 5.20. The van der Waals surface area contributed by atoms with Crippen LogP contribution in [0.1, 0.15) is 28.6 Å². The summed E-state index contributed by atoms with van der Waals surface area (Å²) in [7, 11) is 0. The normalized spacial score (nSPS) is 12.0. The predicted molar refractivity (Wildman–Crippen MR) is 112 cm³/mol. The first-order valence-electron chi connectivity index (χ1n) is 9.51. The average molecular weight is 369 g/mol. The fourth-order valence-electron chi connectivity index (χ4n) is 3.43. The van der Waals surface area contributed by atoms with Crippen LogP contribution in [-0.2, 0) is 17.6 Å². The number of aromatic nitrogens is 2. The molecule has 0 fully saturated rings. The molecule has 0 saturated heterocycles. The van der Waals surface area contributed by atoms with Crippen LogP contribution in [0, 0.1) is 6.92 Å². The van der Waals surface area contributed by atoms with Gasteiger partial charge in [0.25, 0.3) is 0 Å². The second kappa shape index (κ2) is 8.09. The van der Waals surface area contributed by atoms with E-state index >= 15 is 0 Å². The summed E-state index contributed by atoms with van der Waals surface area (Å²) in [5.41, 5.74) is 5.21. The van der Waals surface area contributed by atoms with Crippen LogP contribution in [0.25, 0.3) is 11.0 Å². The number of benzene rings is 3. The predicted octanol–water partition coefficient (Wildman–Crippen LogP) is 4.51. The number of hydrogen-bond donors (Lipinski definition) is 2. The van der Waals surface area contributed by atoms with Gasteiger partial charge in [0.15, 0.2) is 0 Å². The van der Waals surface area contributed by atoms with E-state index in [1.54, 1.807) is 0 Å². The Morgan fingerprint density at radius 1 is 0.964 bits per heavy atom. The summed E-state index contributed by atoms with van der Waals surface area (Å²) >= 11 is 0. The number of rotatable bonds is 6. The van der Waals surface area contributed by atoms with Crippen LogP contribution < -0.4 is 5.32 Å². The van der Waals surface area contributed by atoms with Crippen molar-refractivity contribution in [1.82, 2.24) is 15.3 Å². The molecule has 4 rings (SSSR count). The SMILES string of the molecule is Cc1ccccc1CC(=O)N[C@@H](Cc1ccccc1)c1nc2ccccc2[nH]1. The van der Waals surface area contributed by atoms with Gasteiger partial charge in [0, 0.05) is 0 Å². The minimum atomic E-state index is -0.216. The number of nitrogens with one attached hydrogen (secondary N) is 2. The van der Waals surface area contributed by atoms with E-state index in [0.29, 0.717) is 12.8 Å². The molecule has 2 N–H and O–H groups in total. The number of nitrogens with zero attached hydrogens (tertiary/aromatic N) is 1. The Bertz CT molecular complexity index is 1050. The highest BCUT2D eigenvalue weighted by atomic mass is 16.1. The van der Waals surface area contributed by atoms with Gasteiger partial charge in [-0.15, -0.1) is 0 Å². The number of H-pyrrole nitrogens is 1. The lowest BCUT2D eigenvalue weighted by atomic mass is 10.0. The smallest absolute Gasteiger partial charge is 0.225 e. The van der Waals surface area contributed by atoms with E-state index in [9.17, 15) is 4.79 Å². The van der Waals surface area contributed by atoms with Crippen LogP contribution in [0.5, 0.6) is 0 Å². The molecule has 4 aromatic rings. The molecular weight excluding hydrogens is 346 g/mol. The van der Waals surface area contributed by atoms with E-state index in [1.165, 1.54) is 0 Å². The standard InChI is InChI=1S/C24H23N3O/c1-17-9-5-6-12-19(17)16-23(28)25-22(15-18-10-3-2-4-11-18)24-26-20-13-7-8-14-21(20)27-24/h2-14,22H,15-16H2,1H3,(H,25,28)(H,26,27)/t22-/m0/s1. The van der Waals surface area contributed by atoms with Crippen molar-refractivity contribution in [3.8, 4) is 0 Å². The molecule has 1 atom stereocenters. The number of hydrogen-bond acceptors (Lipinski definition) is 2. The fraction of sp³-hybridized carbons (Fsp3) is 0.167. The van der Waals surface area contributed by atoms with E-state index in [2.05, 4.69) is 22.4 Å². The molecular formula is C24H23N3O. The number of para-hydroxylation sites is 2. The second-order valence-corrected chi connectivity index (χ2v) is 7.05. The van der Waals surface area contributed by atoms with E-state index < -0.39 is 0 Å². The number of aryl methyl sites for hydroxylation is 1. The number of carbonyl (C=O) groups is 1. The summed E-state index contributed by atoms with van der Waals surface area (Å²) in [5, 5.41) is 3.19. The average Bonchev–Trinajstić information content (AvgIpc) is 3.14. The highest BCUT2D eigenvalue weighted by Gasteiger charge is 2.19. The van der Waals surface area contributed by atoms with E-state index in [1.807, 2.05) is 73.7 Å². The van der Waals surface area contributed by atoms with Crippen molar-refractivity contribution in [2.24, 2.45) is 0 Å². The van der Waals surface area contributed by atoms with Gasteiger partial charge in [-0.1, -0.05) is 66.7 Å². The number of imidazole rings is 1. The van der Waals surface area contributed by atoms with Crippen LogP contribution in [0.2, 0.25) is 0 Å². The summed E-state index contributed by atoms with van der Waals surface area (Å²) in [6, 6.07) is 25.9. The van der Waals surface area contributed by atoms with Crippen LogP contribution in [-0.4, -0.2) is 15.9 Å².